The maximum absolute atomic E-state index is 16.4. The number of rotatable bonds is 9. The lowest BCUT2D eigenvalue weighted by Crippen LogP contribution is -2.26. The van der Waals surface area contributed by atoms with E-state index in [4.69, 9.17) is 4.98 Å². The van der Waals surface area contributed by atoms with E-state index in [0.29, 0.717) is 33.9 Å². The molecule has 7 heteroatoms. The average Bonchev–Trinajstić information content (AvgIpc) is 3.58. The number of hydrogen-bond acceptors (Lipinski definition) is 3. The minimum Gasteiger partial charge on any atom is -0.359 e. The summed E-state index contributed by atoms with van der Waals surface area (Å²) in [5, 5.41) is 11.5. The molecule has 1 fully saturated rings. The molecule has 41 heavy (non-hydrogen) atoms. The lowest BCUT2D eigenvalue weighted by molar-refractivity contribution is 0.356. The van der Waals surface area contributed by atoms with Crippen LogP contribution in [0.2, 0.25) is 0 Å². The smallest absolute Gasteiger partial charge is 0.159 e. The van der Waals surface area contributed by atoms with Gasteiger partial charge < -0.3 is 10.3 Å². The number of nitrogens with zero attached hydrogens (tertiary/aromatic N) is 2. The highest BCUT2D eigenvalue weighted by atomic mass is 19.1. The van der Waals surface area contributed by atoms with E-state index in [0.717, 1.165) is 40.9 Å². The third-order valence-electron chi connectivity index (χ3n) is 7.55. The molecule has 208 valence electrons. The van der Waals surface area contributed by atoms with Crippen molar-refractivity contribution in [3.63, 3.8) is 0 Å². The number of nitrogens with one attached hydrogen (secondary N) is 3. The Morgan fingerprint density at radius 2 is 1.85 bits per heavy atom. The SMILES string of the molecule is C=C/C(=C\C(=C/C)C(=C)/C(F)=c1/c(-c2nc3c(-c4ccc(F)cc4)cccc3[nH]2)n[nH]/c1=C/C)NC(=C)C1CCC1. The van der Waals surface area contributed by atoms with E-state index in [1.165, 1.54) is 18.6 Å². The van der Waals surface area contributed by atoms with Crippen LogP contribution < -0.4 is 15.9 Å². The van der Waals surface area contributed by atoms with Crippen molar-refractivity contribution in [2.75, 3.05) is 0 Å². The second kappa shape index (κ2) is 11.8. The van der Waals surface area contributed by atoms with Crippen molar-refractivity contribution in [1.82, 2.24) is 25.5 Å². The van der Waals surface area contributed by atoms with Gasteiger partial charge in [-0.3, -0.25) is 5.10 Å². The molecule has 5 nitrogen and oxygen atoms in total. The number of imidazole rings is 1. The zero-order valence-electron chi connectivity index (χ0n) is 23.3. The lowest BCUT2D eigenvalue weighted by atomic mass is 9.83. The molecular weight excluding hydrogens is 516 g/mol. The zero-order chi connectivity index (χ0) is 29.1. The normalized spacial score (nSPS) is 15.6. The Hall–Kier alpha value is -4.78. The van der Waals surface area contributed by atoms with Crippen LogP contribution in [0.3, 0.4) is 0 Å². The first-order valence-corrected chi connectivity index (χ1v) is 13.7. The van der Waals surface area contributed by atoms with Crippen molar-refractivity contribution in [3.8, 4) is 22.6 Å². The fourth-order valence-electron chi connectivity index (χ4n) is 4.94. The molecule has 2 aromatic carbocycles. The van der Waals surface area contributed by atoms with E-state index in [2.05, 4.69) is 40.2 Å². The summed E-state index contributed by atoms with van der Waals surface area (Å²) in [6.45, 7) is 15.8. The predicted molar refractivity (Wildman–Crippen MR) is 164 cm³/mol. The van der Waals surface area contributed by atoms with Crippen LogP contribution in [0, 0.1) is 11.7 Å². The number of benzene rings is 2. The van der Waals surface area contributed by atoms with Crippen molar-refractivity contribution in [1.29, 1.82) is 0 Å². The highest BCUT2D eigenvalue weighted by molar-refractivity contribution is 5.93. The molecule has 0 amide bonds. The first-order chi connectivity index (χ1) is 19.8. The van der Waals surface area contributed by atoms with Crippen molar-refractivity contribution in [2.24, 2.45) is 5.92 Å². The molecule has 5 rings (SSSR count). The van der Waals surface area contributed by atoms with Gasteiger partial charge in [-0.25, -0.2) is 13.8 Å². The van der Waals surface area contributed by atoms with Gasteiger partial charge in [-0.05, 0) is 74.1 Å². The molecule has 3 N–H and O–H groups in total. The van der Waals surface area contributed by atoms with E-state index < -0.39 is 5.83 Å². The van der Waals surface area contributed by atoms with Gasteiger partial charge in [-0.15, -0.1) is 0 Å². The van der Waals surface area contributed by atoms with Gasteiger partial charge in [0.05, 0.1) is 21.6 Å². The molecule has 0 radical (unpaired) electrons. The van der Waals surface area contributed by atoms with Crippen LogP contribution in [0.15, 0.2) is 103 Å². The Labute approximate surface area is 238 Å². The minimum absolute atomic E-state index is 0.205. The summed E-state index contributed by atoms with van der Waals surface area (Å²) in [6, 6.07) is 11.9. The number of para-hydroxylation sites is 1. The summed E-state index contributed by atoms with van der Waals surface area (Å²) in [4.78, 5) is 8.09. The van der Waals surface area contributed by atoms with Gasteiger partial charge in [0.1, 0.15) is 17.3 Å². The van der Waals surface area contributed by atoms with E-state index >= 15 is 4.39 Å². The second-order valence-corrected chi connectivity index (χ2v) is 10.1. The molecule has 0 aliphatic heterocycles. The molecular formula is C34H33F2N5. The highest BCUT2D eigenvalue weighted by Gasteiger charge is 2.21. The predicted octanol–water partition coefficient (Wildman–Crippen LogP) is 7.11. The van der Waals surface area contributed by atoms with Gasteiger partial charge >= 0.3 is 0 Å². The zero-order valence-corrected chi connectivity index (χ0v) is 23.3. The molecule has 0 atom stereocenters. The van der Waals surface area contributed by atoms with Crippen LogP contribution in [0.25, 0.3) is 45.6 Å². The van der Waals surface area contributed by atoms with Gasteiger partial charge in [-0.1, -0.05) is 62.6 Å². The summed E-state index contributed by atoms with van der Waals surface area (Å²) >= 11 is 0. The minimum atomic E-state index is -0.522. The fraction of sp³-hybridized carbons (Fsp3) is 0.176. The molecule has 4 aromatic rings. The standard InChI is InChI=1S/C34H33F2N5/c1-6-22(19-26(7-2)37-21(5)23-11-9-12-23)20(4)31(36)30-28(8-3)40-41-33(30)34-38-29-14-10-13-27(32(29)39-34)24-15-17-25(35)18-16-24/h6-8,10,13-19,23,37,40H,2,4-5,9,11-12H2,1,3H3,(H,38,39)/b22-6+,26-19+,28-8+,31-30-. The molecule has 0 bridgehead atoms. The van der Waals surface area contributed by atoms with Crippen molar-refractivity contribution in [2.45, 2.75) is 33.1 Å². The third-order valence-corrected chi connectivity index (χ3v) is 7.55. The summed E-state index contributed by atoms with van der Waals surface area (Å²) in [5.74, 6) is 0.0165. The number of aromatic nitrogens is 4. The Balaban J connectivity index is 1.57. The summed E-state index contributed by atoms with van der Waals surface area (Å²) in [5.41, 5.74) is 5.88. The van der Waals surface area contributed by atoms with Crippen LogP contribution in [0.5, 0.6) is 0 Å². The Morgan fingerprint density at radius 3 is 2.49 bits per heavy atom. The average molecular weight is 550 g/mol. The number of hydrogen-bond donors (Lipinski definition) is 3. The second-order valence-electron chi connectivity index (χ2n) is 10.1. The van der Waals surface area contributed by atoms with Crippen LogP contribution in [0.4, 0.5) is 8.78 Å². The number of allylic oxidation sites excluding steroid dienone is 6. The Morgan fingerprint density at radius 1 is 1.10 bits per heavy atom. The number of aromatic amines is 2. The number of H-pyrrole nitrogens is 2. The van der Waals surface area contributed by atoms with Gasteiger partial charge in [0.2, 0.25) is 0 Å². The Kier molecular flexibility index (Phi) is 7.97. The van der Waals surface area contributed by atoms with Gasteiger partial charge in [0.25, 0.3) is 0 Å². The first-order valence-electron chi connectivity index (χ1n) is 13.7. The van der Waals surface area contributed by atoms with Crippen LogP contribution in [-0.2, 0) is 0 Å². The molecule has 1 aliphatic rings. The van der Waals surface area contributed by atoms with E-state index in [1.807, 2.05) is 44.2 Å². The maximum Gasteiger partial charge on any atom is 0.159 e. The maximum atomic E-state index is 16.4. The van der Waals surface area contributed by atoms with E-state index in [-0.39, 0.29) is 16.6 Å². The van der Waals surface area contributed by atoms with Crippen LogP contribution >= 0.6 is 0 Å². The molecule has 1 aliphatic carbocycles. The lowest BCUT2D eigenvalue weighted by Gasteiger charge is -2.28. The summed E-state index contributed by atoms with van der Waals surface area (Å²) < 4.78 is 29.9. The Bertz CT molecular complexity index is 1830. The highest BCUT2D eigenvalue weighted by Crippen LogP contribution is 2.32. The number of halogens is 2. The summed E-state index contributed by atoms with van der Waals surface area (Å²) in [6.07, 6.45) is 10.5. The molecule has 0 unspecified atom stereocenters. The largest absolute Gasteiger partial charge is 0.359 e. The van der Waals surface area contributed by atoms with E-state index in [1.54, 1.807) is 24.3 Å². The van der Waals surface area contributed by atoms with Crippen molar-refractivity contribution < 1.29 is 8.78 Å². The number of fused-ring (bicyclic) bond motifs is 1. The topological polar surface area (TPSA) is 69.4 Å². The van der Waals surface area contributed by atoms with Crippen molar-refractivity contribution >= 4 is 22.9 Å². The van der Waals surface area contributed by atoms with Gasteiger partial charge in [0, 0.05) is 22.5 Å². The molecule has 0 spiro atoms. The van der Waals surface area contributed by atoms with Crippen LogP contribution in [-0.4, -0.2) is 20.2 Å². The van der Waals surface area contributed by atoms with E-state index in [9.17, 15) is 4.39 Å². The van der Waals surface area contributed by atoms with Crippen molar-refractivity contribution in [3.05, 3.63) is 119 Å². The summed E-state index contributed by atoms with van der Waals surface area (Å²) in [7, 11) is 0. The molecule has 0 saturated heterocycles. The quantitative estimate of drug-likeness (QED) is 0.195. The third kappa shape index (κ3) is 5.48. The molecule has 2 heterocycles. The molecule has 2 aromatic heterocycles. The van der Waals surface area contributed by atoms with Gasteiger partial charge in [-0.2, -0.15) is 5.10 Å². The van der Waals surface area contributed by atoms with Gasteiger partial charge in [0.15, 0.2) is 5.82 Å². The van der Waals surface area contributed by atoms with Crippen LogP contribution in [0.1, 0.15) is 33.1 Å². The molecule has 1 saturated carbocycles. The monoisotopic (exact) mass is 549 g/mol. The first kappa shape index (κ1) is 27.8. The fourth-order valence-corrected chi connectivity index (χ4v) is 4.94.